The largest absolute Gasteiger partial charge is 0.355 e. The molecule has 0 aromatic rings. The maximum atomic E-state index is 6.42. The molecule has 1 saturated carbocycles. The maximum Gasteiger partial charge on any atom is 0.126 e. The minimum absolute atomic E-state index is 0.0202. The lowest BCUT2D eigenvalue weighted by atomic mass is 9.60. The van der Waals surface area contributed by atoms with Crippen molar-refractivity contribution in [2.75, 3.05) is 0 Å². The van der Waals surface area contributed by atoms with E-state index >= 15 is 0 Å². The Labute approximate surface area is 99.9 Å². The van der Waals surface area contributed by atoms with Crippen molar-refractivity contribution in [2.45, 2.75) is 71.0 Å². The zero-order chi connectivity index (χ0) is 12.0. The molecule has 0 N–H and O–H groups in total. The third-order valence-electron chi connectivity index (χ3n) is 5.07. The second-order valence-corrected chi connectivity index (χ2v) is 6.54. The molecule has 3 atom stereocenters. The van der Waals surface area contributed by atoms with Crippen LogP contribution < -0.4 is 0 Å². The lowest BCUT2D eigenvalue weighted by molar-refractivity contribution is -0.179. The van der Waals surface area contributed by atoms with Crippen LogP contribution in [0.1, 0.15) is 59.8 Å². The van der Waals surface area contributed by atoms with Gasteiger partial charge in [0.05, 0.1) is 5.60 Å². The van der Waals surface area contributed by atoms with Gasteiger partial charge in [0.25, 0.3) is 0 Å². The van der Waals surface area contributed by atoms with E-state index in [1.54, 1.807) is 0 Å². The summed E-state index contributed by atoms with van der Waals surface area (Å²) in [5.41, 5.74) is -0.0471. The van der Waals surface area contributed by atoms with Crippen LogP contribution >= 0.6 is 0 Å². The van der Waals surface area contributed by atoms with Crippen LogP contribution in [-0.2, 0) is 4.74 Å². The highest BCUT2D eigenvalue weighted by Gasteiger charge is 2.58. The van der Waals surface area contributed by atoms with Crippen LogP contribution in [0.25, 0.3) is 0 Å². The van der Waals surface area contributed by atoms with Crippen LogP contribution in [0.2, 0.25) is 0 Å². The van der Waals surface area contributed by atoms with Crippen LogP contribution in [0.5, 0.6) is 0 Å². The topological polar surface area (TPSA) is 9.23 Å². The van der Waals surface area contributed by atoms with Crippen LogP contribution in [-0.4, -0.2) is 11.2 Å². The fraction of sp³-hybridized carbons (Fsp3) is 0.867. The molecule has 16 heavy (non-hydrogen) atoms. The van der Waals surface area contributed by atoms with Crippen molar-refractivity contribution in [1.29, 1.82) is 0 Å². The van der Waals surface area contributed by atoms with Crippen molar-refractivity contribution in [2.24, 2.45) is 11.3 Å². The van der Waals surface area contributed by atoms with Gasteiger partial charge in [0.2, 0.25) is 0 Å². The van der Waals surface area contributed by atoms with Crippen LogP contribution in [0.15, 0.2) is 0 Å². The predicted molar refractivity (Wildman–Crippen MR) is 67.1 cm³/mol. The quantitative estimate of drug-likeness (QED) is 0.565. The Bertz CT molecular complexity index is 325. The smallest absolute Gasteiger partial charge is 0.126 e. The lowest BCUT2D eigenvalue weighted by Crippen LogP contribution is -2.53. The number of terminal acetylenes is 1. The molecule has 3 unspecified atom stereocenters. The summed E-state index contributed by atoms with van der Waals surface area (Å²) in [6.45, 7) is 9.11. The second-order valence-electron chi connectivity index (χ2n) is 6.54. The minimum Gasteiger partial charge on any atom is -0.355 e. The van der Waals surface area contributed by atoms with Gasteiger partial charge in [0.15, 0.2) is 0 Å². The van der Waals surface area contributed by atoms with Gasteiger partial charge < -0.3 is 4.74 Å². The van der Waals surface area contributed by atoms with Gasteiger partial charge in [-0.2, -0.15) is 0 Å². The number of ether oxygens (including phenoxy) is 1. The summed E-state index contributed by atoms with van der Waals surface area (Å²) < 4.78 is 6.42. The Morgan fingerprint density at radius 2 is 1.88 bits per heavy atom. The van der Waals surface area contributed by atoms with Crippen LogP contribution in [0.4, 0.5) is 0 Å². The molecular formula is C15H24O. The minimum atomic E-state index is -0.330. The summed E-state index contributed by atoms with van der Waals surface area (Å²) in [7, 11) is 0. The highest BCUT2D eigenvalue weighted by Crippen LogP contribution is 2.57. The van der Waals surface area contributed by atoms with E-state index in [1.165, 1.54) is 19.3 Å². The molecule has 1 spiro atoms. The molecule has 0 aromatic carbocycles. The molecule has 0 amide bonds. The molecule has 2 rings (SSSR count). The Balaban J connectivity index is 2.33. The summed E-state index contributed by atoms with van der Waals surface area (Å²) in [6.07, 6.45) is 11.6. The highest BCUT2D eigenvalue weighted by molar-refractivity contribution is 5.16. The zero-order valence-electron chi connectivity index (χ0n) is 11.1. The third kappa shape index (κ3) is 1.51. The molecule has 0 bridgehead atoms. The van der Waals surface area contributed by atoms with E-state index < -0.39 is 0 Å². The van der Waals surface area contributed by atoms with E-state index in [2.05, 4.69) is 33.6 Å². The Morgan fingerprint density at radius 1 is 1.19 bits per heavy atom. The average Bonchev–Trinajstić information content (AvgIpc) is 2.57. The van der Waals surface area contributed by atoms with Gasteiger partial charge in [0, 0.05) is 0 Å². The first kappa shape index (κ1) is 12.0. The van der Waals surface area contributed by atoms with E-state index in [1.807, 2.05) is 0 Å². The van der Waals surface area contributed by atoms with Gasteiger partial charge in [-0.15, -0.1) is 6.42 Å². The third-order valence-corrected chi connectivity index (χ3v) is 5.07. The molecule has 1 saturated heterocycles. The molecule has 0 aromatic heterocycles. The van der Waals surface area contributed by atoms with E-state index in [-0.39, 0.29) is 16.6 Å². The lowest BCUT2D eigenvalue weighted by Gasteiger charge is -2.52. The fourth-order valence-corrected chi connectivity index (χ4v) is 3.82. The zero-order valence-corrected chi connectivity index (χ0v) is 11.1. The summed E-state index contributed by atoms with van der Waals surface area (Å²) in [4.78, 5) is 0. The Morgan fingerprint density at radius 3 is 2.38 bits per heavy atom. The van der Waals surface area contributed by atoms with Crippen molar-refractivity contribution >= 4 is 0 Å². The van der Waals surface area contributed by atoms with Gasteiger partial charge >= 0.3 is 0 Å². The number of hydrogen-bond acceptors (Lipinski definition) is 1. The molecule has 1 heterocycles. The summed E-state index contributed by atoms with van der Waals surface area (Å²) in [6, 6.07) is 0. The first-order valence-electron chi connectivity index (χ1n) is 6.53. The van der Waals surface area contributed by atoms with Gasteiger partial charge in [-0.25, -0.2) is 0 Å². The van der Waals surface area contributed by atoms with E-state index in [9.17, 15) is 0 Å². The molecule has 1 heteroatoms. The first-order chi connectivity index (χ1) is 7.35. The first-order valence-corrected chi connectivity index (χ1v) is 6.53. The van der Waals surface area contributed by atoms with Gasteiger partial charge in [-0.3, -0.25) is 0 Å². The number of hydrogen-bond donors (Lipinski definition) is 0. The SMILES string of the molecule is C#CC1(C)CCC2(O1)C(C)CCCC2(C)C. The van der Waals surface area contributed by atoms with Gasteiger partial charge in [0.1, 0.15) is 5.60 Å². The van der Waals surface area contributed by atoms with Crippen molar-refractivity contribution < 1.29 is 4.74 Å². The van der Waals surface area contributed by atoms with Crippen molar-refractivity contribution in [3.63, 3.8) is 0 Å². The van der Waals surface area contributed by atoms with Crippen LogP contribution in [0.3, 0.4) is 0 Å². The molecule has 2 fully saturated rings. The van der Waals surface area contributed by atoms with E-state index in [0.29, 0.717) is 5.92 Å². The second kappa shape index (κ2) is 3.50. The monoisotopic (exact) mass is 220 g/mol. The highest BCUT2D eigenvalue weighted by atomic mass is 16.5. The molecule has 1 nitrogen and oxygen atoms in total. The van der Waals surface area contributed by atoms with Crippen molar-refractivity contribution in [3.05, 3.63) is 0 Å². The molecular weight excluding hydrogens is 196 g/mol. The van der Waals surface area contributed by atoms with Crippen LogP contribution in [0, 0.1) is 23.7 Å². The van der Waals surface area contributed by atoms with Crippen molar-refractivity contribution in [1.82, 2.24) is 0 Å². The standard InChI is InChI=1S/C15H24O/c1-6-14(5)10-11-15(16-14)12(2)8-7-9-13(15,3)4/h1,12H,7-11H2,2-5H3. The summed E-state index contributed by atoms with van der Waals surface area (Å²) >= 11 is 0. The summed E-state index contributed by atoms with van der Waals surface area (Å²) in [5.74, 6) is 3.48. The van der Waals surface area contributed by atoms with E-state index in [4.69, 9.17) is 11.2 Å². The maximum absolute atomic E-state index is 6.42. The van der Waals surface area contributed by atoms with Gasteiger partial charge in [-0.1, -0.05) is 33.1 Å². The molecule has 2 aliphatic rings. The normalized spacial score (nSPS) is 46.8. The Hall–Kier alpha value is -0.480. The fourth-order valence-electron chi connectivity index (χ4n) is 3.82. The molecule has 1 aliphatic carbocycles. The predicted octanol–water partition coefficient (Wildman–Crippen LogP) is 3.77. The van der Waals surface area contributed by atoms with E-state index in [0.717, 1.165) is 12.8 Å². The average molecular weight is 220 g/mol. The van der Waals surface area contributed by atoms with Gasteiger partial charge in [-0.05, 0) is 43.9 Å². The molecule has 90 valence electrons. The molecule has 1 aliphatic heterocycles. The van der Waals surface area contributed by atoms with Crippen molar-refractivity contribution in [3.8, 4) is 12.3 Å². The molecule has 0 radical (unpaired) electrons. The Kier molecular flexibility index (Phi) is 2.63. The number of rotatable bonds is 0. The summed E-state index contributed by atoms with van der Waals surface area (Å²) in [5, 5.41) is 0.